The Labute approximate surface area is 143 Å². The lowest BCUT2D eigenvalue weighted by molar-refractivity contribution is 0.300. The van der Waals surface area contributed by atoms with E-state index in [1.165, 1.54) is 16.7 Å². The minimum absolute atomic E-state index is 0.151. The van der Waals surface area contributed by atoms with Crippen LogP contribution in [0.2, 0.25) is 0 Å². The summed E-state index contributed by atoms with van der Waals surface area (Å²) in [5, 5.41) is 3.98. The molecule has 0 saturated heterocycles. The maximum Gasteiger partial charge on any atom is 0.336 e. The number of fused-ring (bicyclic) bond motifs is 1. The van der Waals surface area contributed by atoms with Crippen molar-refractivity contribution in [1.29, 1.82) is 0 Å². The van der Waals surface area contributed by atoms with Crippen molar-refractivity contribution in [2.75, 3.05) is 0 Å². The molecule has 0 radical (unpaired) electrons. The van der Waals surface area contributed by atoms with Gasteiger partial charge in [-0.2, -0.15) is 4.98 Å². The molecule has 132 valence electrons. The molecule has 1 fully saturated rings. The van der Waals surface area contributed by atoms with Gasteiger partial charge in [0.15, 0.2) is 0 Å². The molecule has 0 bridgehead atoms. The number of aromatic nitrogens is 4. The van der Waals surface area contributed by atoms with Crippen LogP contribution in [0.15, 0.2) is 27.5 Å². The number of hydrogen-bond acceptors (Lipinski definition) is 5. The number of nitrogens with two attached hydrogens (primary N) is 1. The molecule has 1 aliphatic rings. The highest BCUT2D eigenvalue weighted by Crippen LogP contribution is 2.31. The highest BCUT2D eigenvalue weighted by atomic mass is 19.1. The average Bonchev–Trinajstić information content (AvgIpc) is 3.17. The molecular formula is C17H20FN5O2. The van der Waals surface area contributed by atoms with Gasteiger partial charge in [0.2, 0.25) is 5.89 Å². The molecule has 25 heavy (non-hydrogen) atoms. The fraction of sp³-hybridized carbons (Fsp3) is 0.471. The summed E-state index contributed by atoms with van der Waals surface area (Å²) in [5.74, 6) is 0.410. The Balaban J connectivity index is 1.79. The van der Waals surface area contributed by atoms with E-state index < -0.39 is 5.82 Å². The summed E-state index contributed by atoms with van der Waals surface area (Å²) < 4.78 is 22.0. The Kier molecular flexibility index (Phi) is 3.91. The standard InChI is InChI=1S/C17H20FN5O2/c1-2-22-13-8-5-11(18)9-14(13)23(17(22)24)16-20-15(25-21-16)10-3-6-12(19)7-4-10/h5,8-10,12H,2-4,6-7,19H2,1H3. The van der Waals surface area contributed by atoms with E-state index in [-0.39, 0.29) is 23.6 Å². The predicted octanol–water partition coefficient (Wildman–Crippen LogP) is 2.32. The van der Waals surface area contributed by atoms with Gasteiger partial charge in [0.1, 0.15) is 5.82 Å². The summed E-state index contributed by atoms with van der Waals surface area (Å²) in [6.45, 7) is 2.33. The minimum atomic E-state index is -0.417. The van der Waals surface area contributed by atoms with Crippen molar-refractivity contribution >= 4 is 11.0 Å². The lowest BCUT2D eigenvalue weighted by Gasteiger charge is -2.22. The van der Waals surface area contributed by atoms with E-state index in [4.69, 9.17) is 10.3 Å². The molecule has 2 N–H and O–H groups in total. The summed E-state index contributed by atoms with van der Waals surface area (Å²) in [5.41, 5.74) is 6.71. The summed E-state index contributed by atoms with van der Waals surface area (Å²) in [7, 11) is 0. The Morgan fingerprint density at radius 3 is 2.76 bits per heavy atom. The van der Waals surface area contributed by atoms with Gasteiger partial charge in [0.05, 0.1) is 11.0 Å². The summed E-state index contributed by atoms with van der Waals surface area (Å²) >= 11 is 0. The van der Waals surface area contributed by atoms with Gasteiger partial charge in [-0.1, -0.05) is 0 Å². The zero-order valence-electron chi connectivity index (χ0n) is 14.0. The van der Waals surface area contributed by atoms with Gasteiger partial charge in [-0.25, -0.2) is 13.8 Å². The quantitative estimate of drug-likeness (QED) is 0.786. The number of aryl methyl sites for hydroxylation is 1. The maximum atomic E-state index is 13.7. The topological polar surface area (TPSA) is 91.9 Å². The molecule has 2 heterocycles. The second kappa shape index (κ2) is 6.11. The van der Waals surface area contributed by atoms with E-state index in [1.807, 2.05) is 6.92 Å². The van der Waals surface area contributed by atoms with Crippen LogP contribution in [-0.4, -0.2) is 25.3 Å². The number of benzene rings is 1. The molecule has 1 aromatic carbocycles. The molecule has 8 heteroatoms. The van der Waals surface area contributed by atoms with E-state index in [9.17, 15) is 9.18 Å². The van der Waals surface area contributed by atoms with Gasteiger partial charge in [-0.15, -0.1) is 0 Å². The molecule has 0 spiro atoms. The van der Waals surface area contributed by atoms with Gasteiger partial charge in [-0.3, -0.25) is 4.57 Å². The smallest absolute Gasteiger partial charge is 0.336 e. The number of nitrogens with zero attached hydrogens (tertiary/aromatic N) is 4. The van der Waals surface area contributed by atoms with E-state index in [2.05, 4.69) is 10.1 Å². The van der Waals surface area contributed by atoms with Gasteiger partial charge in [0.25, 0.3) is 5.95 Å². The first-order chi connectivity index (χ1) is 12.1. The largest absolute Gasteiger partial charge is 0.337 e. The van der Waals surface area contributed by atoms with Crippen molar-refractivity contribution in [3.05, 3.63) is 40.4 Å². The Bertz CT molecular complexity index is 965. The van der Waals surface area contributed by atoms with Gasteiger partial charge >= 0.3 is 5.69 Å². The van der Waals surface area contributed by atoms with E-state index in [0.29, 0.717) is 23.5 Å². The molecule has 1 aliphatic carbocycles. The zero-order chi connectivity index (χ0) is 17.6. The van der Waals surface area contributed by atoms with Crippen molar-refractivity contribution in [1.82, 2.24) is 19.3 Å². The molecule has 4 rings (SSSR count). The van der Waals surface area contributed by atoms with Crippen LogP contribution in [0, 0.1) is 5.82 Å². The third kappa shape index (κ3) is 2.66. The third-order valence-electron chi connectivity index (χ3n) is 4.96. The van der Waals surface area contributed by atoms with Crippen LogP contribution in [0.4, 0.5) is 4.39 Å². The lowest BCUT2D eigenvalue weighted by Crippen LogP contribution is -2.26. The highest BCUT2D eigenvalue weighted by Gasteiger charge is 2.26. The summed E-state index contributed by atoms with van der Waals surface area (Å²) in [6.07, 6.45) is 3.62. The van der Waals surface area contributed by atoms with Crippen molar-refractivity contribution in [3.8, 4) is 5.95 Å². The van der Waals surface area contributed by atoms with Crippen LogP contribution >= 0.6 is 0 Å². The van der Waals surface area contributed by atoms with E-state index in [0.717, 1.165) is 25.7 Å². The monoisotopic (exact) mass is 345 g/mol. The van der Waals surface area contributed by atoms with Crippen LogP contribution in [0.3, 0.4) is 0 Å². The van der Waals surface area contributed by atoms with Crippen molar-refractivity contribution in [2.24, 2.45) is 5.73 Å². The molecule has 0 amide bonds. The SMILES string of the molecule is CCn1c(=O)n(-c2noc(C3CCC(N)CC3)n2)c2cc(F)ccc21. The van der Waals surface area contributed by atoms with Gasteiger partial charge in [-0.05, 0) is 49.9 Å². The van der Waals surface area contributed by atoms with Crippen LogP contribution in [0.1, 0.15) is 44.4 Å². The zero-order valence-corrected chi connectivity index (χ0v) is 14.0. The van der Waals surface area contributed by atoms with Crippen molar-refractivity contribution in [3.63, 3.8) is 0 Å². The number of hydrogen-bond donors (Lipinski definition) is 1. The molecule has 2 aromatic heterocycles. The highest BCUT2D eigenvalue weighted by molar-refractivity contribution is 5.77. The molecular weight excluding hydrogens is 325 g/mol. The van der Waals surface area contributed by atoms with Crippen LogP contribution in [0.5, 0.6) is 0 Å². The third-order valence-corrected chi connectivity index (χ3v) is 4.96. The molecule has 0 unspecified atom stereocenters. The van der Waals surface area contributed by atoms with Crippen LogP contribution in [0.25, 0.3) is 17.0 Å². The van der Waals surface area contributed by atoms with Crippen molar-refractivity contribution < 1.29 is 8.91 Å². The minimum Gasteiger partial charge on any atom is -0.337 e. The second-order valence-electron chi connectivity index (χ2n) is 6.54. The fourth-order valence-corrected chi connectivity index (χ4v) is 3.58. The Hall–Kier alpha value is -2.48. The van der Waals surface area contributed by atoms with Crippen LogP contribution in [-0.2, 0) is 6.54 Å². The Morgan fingerprint density at radius 2 is 2.04 bits per heavy atom. The molecule has 0 atom stereocenters. The normalized spacial score (nSPS) is 21.1. The summed E-state index contributed by atoms with van der Waals surface area (Å²) in [4.78, 5) is 17.2. The maximum absolute atomic E-state index is 13.7. The molecule has 3 aromatic rings. The van der Waals surface area contributed by atoms with Gasteiger partial charge < -0.3 is 10.3 Å². The fourth-order valence-electron chi connectivity index (χ4n) is 3.58. The number of halogens is 1. The number of rotatable bonds is 3. The molecule has 0 aliphatic heterocycles. The van der Waals surface area contributed by atoms with Crippen molar-refractivity contribution in [2.45, 2.75) is 51.1 Å². The molecule has 7 nitrogen and oxygen atoms in total. The first kappa shape index (κ1) is 16.0. The van der Waals surface area contributed by atoms with E-state index >= 15 is 0 Å². The number of imidazole rings is 1. The first-order valence-electron chi connectivity index (χ1n) is 8.59. The average molecular weight is 345 g/mol. The summed E-state index contributed by atoms with van der Waals surface area (Å²) in [6, 6.07) is 4.48. The van der Waals surface area contributed by atoms with E-state index in [1.54, 1.807) is 10.6 Å². The first-order valence-corrected chi connectivity index (χ1v) is 8.59. The van der Waals surface area contributed by atoms with Gasteiger partial charge in [0, 0.05) is 24.6 Å². The molecule has 1 saturated carbocycles. The lowest BCUT2D eigenvalue weighted by atomic mass is 9.86. The second-order valence-corrected chi connectivity index (χ2v) is 6.54. The van der Waals surface area contributed by atoms with Crippen LogP contribution < -0.4 is 11.4 Å². The predicted molar refractivity (Wildman–Crippen MR) is 90.2 cm³/mol. The Morgan fingerprint density at radius 1 is 1.28 bits per heavy atom.